The van der Waals surface area contributed by atoms with Crippen LogP contribution >= 0.6 is 11.8 Å². The zero-order valence-electron chi connectivity index (χ0n) is 10.8. The van der Waals surface area contributed by atoms with E-state index in [0.29, 0.717) is 11.5 Å². The molecule has 1 fully saturated rings. The second kappa shape index (κ2) is 6.63. The van der Waals surface area contributed by atoms with E-state index in [1.807, 2.05) is 24.3 Å². The Morgan fingerprint density at radius 1 is 1.37 bits per heavy atom. The Labute approximate surface area is 118 Å². The van der Waals surface area contributed by atoms with Crippen LogP contribution in [0, 0.1) is 17.2 Å². The molecule has 1 atom stereocenters. The molecule has 0 bridgehead atoms. The summed E-state index contributed by atoms with van der Waals surface area (Å²) in [7, 11) is 0. The maximum atomic E-state index is 11.6. The van der Waals surface area contributed by atoms with Gasteiger partial charge in [0, 0.05) is 5.75 Å². The molecule has 1 saturated carbocycles. The van der Waals surface area contributed by atoms with Gasteiger partial charge in [0.2, 0.25) is 5.91 Å². The standard InChI is InChI=1S/C15H18N2OS/c16-9-11-5-7-12(8-6-11)10-19-14(15(17)18)13-3-1-2-4-13/h5-8,13-14H,1-4,10H2,(H2,17,18). The number of nitrogens with two attached hydrogens (primary N) is 1. The first-order valence-electron chi connectivity index (χ1n) is 6.60. The Kier molecular flexibility index (Phi) is 4.86. The Balaban J connectivity index is 1.94. The highest BCUT2D eigenvalue weighted by atomic mass is 32.2. The summed E-state index contributed by atoms with van der Waals surface area (Å²) in [5, 5.41) is 8.68. The molecule has 100 valence electrons. The fraction of sp³-hybridized carbons (Fsp3) is 0.467. The van der Waals surface area contributed by atoms with Gasteiger partial charge in [0.25, 0.3) is 0 Å². The number of benzene rings is 1. The number of carbonyl (C=O) groups is 1. The number of hydrogen-bond donors (Lipinski definition) is 1. The summed E-state index contributed by atoms with van der Waals surface area (Å²) >= 11 is 1.64. The highest BCUT2D eigenvalue weighted by Crippen LogP contribution is 2.35. The molecule has 2 rings (SSSR count). The summed E-state index contributed by atoms with van der Waals surface area (Å²) < 4.78 is 0. The first-order chi connectivity index (χ1) is 9.20. The summed E-state index contributed by atoms with van der Waals surface area (Å²) in [5.74, 6) is 1.03. The van der Waals surface area contributed by atoms with Gasteiger partial charge in [-0.3, -0.25) is 4.79 Å². The van der Waals surface area contributed by atoms with E-state index in [1.54, 1.807) is 11.8 Å². The molecule has 1 unspecified atom stereocenters. The van der Waals surface area contributed by atoms with Crippen LogP contribution < -0.4 is 5.73 Å². The Bertz CT molecular complexity index is 472. The largest absolute Gasteiger partial charge is 0.369 e. The quantitative estimate of drug-likeness (QED) is 0.897. The van der Waals surface area contributed by atoms with E-state index in [1.165, 1.54) is 12.8 Å². The maximum Gasteiger partial charge on any atom is 0.230 e. The smallest absolute Gasteiger partial charge is 0.230 e. The van der Waals surface area contributed by atoms with E-state index in [0.717, 1.165) is 24.2 Å². The van der Waals surface area contributed by atoms with Crippen LogP contribution in [0.1, 0.15) is 36.8 Å². The number of nitriles is 1. The molecule has 19 heavy (non-hydrogen) atoms. The maximum absolute atomic E-state index is 11.6. The number of carbonyl (C=O) groups excluding carboxylic acids is 1. The number of nitrogens with zero attached hydrogens (tertiary/aromatic N) is 1. The molecule has 0 heterocycles. The summed E-state index contributed by atoms with van der Waals surface area (Å²) in [4.78, 5) is 11.6. The molecule has 1 aromatic rings. The van der Waals surface area contributed by atoms with Crippen molar-refractivity contribution in [3.05, 3.63) is 35.4 Å². The molecule has 1 aliphatic carbocycles. The van der Waals surface area contributed by atoms with Gasteiger partial charge in [0.05, 0.1) is 16.9 Å². The van der Waals surface area contributed by atoms with Crippen molar-refractivity contribution in [2.24, 2.45) is 11.7 Å². The summed E-state index contributed by atoms with van der Waals surface area (Å²) in [6.45, 7) is 0. The van der Waals surface area contributed by atoms with Crippen LogP contribution in [0.4, 0.5) is 0 Å². The Morgan fingerprint density at radius 2 is 2.00 bits per heavy atom. The second-order valence-corrected chi connectivity index (χ2v) is 6.12. The van der Waals surface area contributed by atoms with Crippen molar-refractivity contribution in [1.82, 2.24) is 0 Å². The first-order valence-corrected chi connectivity index (χ1v) is 7.65. The molecular weight excluding hydrogens is 256 g/mol. The first kappa shape index (κ1) is 14.0. The molecule has 0 saturated heterocycles. The number of thioether (sulfide) groups is 1. The van der Waals surface area contributed by atoms with Gasteiger partial charge >= 0.3 is 0 Å². The molecule has 1 amide bonds. The predicted octanol–water partition coefficient (Wildman–Crippen LogP) is 2.84. The molecular formula is C15H18N2OS. The van der Waals surface area contributed by atoms with Gasteiger partial charge in [0.1, 0.15) is 0 Å². The number of hydrogen-bond acceptors (Lipinski definition) is 3. The third kappa shape index (κ3) is 3.74. The zero-order valence-corrected chi connectivity index (χ0v) is 11.7. The summed E-state index contributed by atoms with van der Waals surface area (Å²) in [5.41, 5.74) is 7.32. The lowest BCUT2D eigenvalue weighted by Gasteiger charge is -2.19. The molecule has 0 aromatic heterocycles. The molecule has 3 nitrogen and oxygen atoms in total. The molecule has 4 heteroatoms. The van der Waals surface area contributed by atoms with Crippen LogP contribution in [0.2, 0.25) is 0 Å². The van der Waals surface area contributed by atoms with Gasteiger partial charge in [-0.05, 0) is 36.5 Å². The highest BCUT2D eigenvalue weighted by Gasteiger charge is 2.29. The Morgan fingerprint density at radius 3 is 2.53 bits per heavy atom. The predicted molar refractivity (Wildman–Crippen MR) is 77.4 cm³/mol. The van der Waals surface area contributed by atoms with E-state index in [4.69, 9.17) is 11.0 Å². The van der Waals surface area contributed by atoms with E-state index in [-0.39, 0.29) is 11.2 Å². The van der Waals surface area contributed by atoms with Crippen LogP contribution in [0.3, 0.4) is 0 Å². The fourth-order valence-electron chi connectivity index (χ4n) is 2.57. The molecule has 1 aliphatic rings. The van der Waals surface area contributed by atoms with Crippen molar-refractivity contribution in [2.75, 3.05) is 0 Å². The van der Waals surface area contributed by atoms with Crippen LogP contribution in [0.5, 0.6) is 0 Å². The van der Waals surface area contributed by atoms with Crippen molar-refractivity contribution in [1.29, 1.82) is 5.26 Å². The number of amides is 1. The molecule has 0 radical (unpaired) electrons. The zero-order chi connectivity index (χ0) is 13.7. The summed E-state index contributed by atoms with van der Waals surface area (Å²) in [6.07, 6.45) is 4.67. The van der Waals surface area contributed by atoms with Gasteiger partial charge in [-0.2, -0.15) is 5.26 Å². The third-order valence-electron chi connectivity index (χ3n) is 3.62. The van der Waals surface area contributed by atoms with Gasteiger partial charge in [-0.15, -0.1) is 11.8 Å². The van der Waals surface area contributed by atoms with Crippen molar-refractivity contribution in [2.45, 2.75) is 36.7 Å². The SMILES string of the molecule is N#Cc1ccc(CSC(C(N)=O)C2CCCC2)cc1. The van der Waals surface area contributed by atoms with Crippen molar-refractivity contribution in [3.63, 3.8) is 0 Å². The average Bonchev–Trinajstić information content (AvgIpc) is 2.93. The van der Waals surface area contributed by atoms with Crippen molar-refractivity contribution < 1.29 is 4.79 Å². The van der Waals surface area contributed by atoms with Crippen LogP contribution in [0.25, 0.3) is 0 Å². The molecule has 0 spiro atoms. The monoisotopic (exact) mass is 274 g/mol. The normalized spacial score (nSPS) is 17.0. The van der Waals surface area contributed by atoms with Gasteiger partial charge in [0.15, 0.2) is 0 Å². The lowest BCUT2D eigenvalue weighted by molar-refractivity contribution is -0.118. The highest BCUT2D eigenvalue weighted by molar-refractivity contribution is 7.99. The van der Waals surface area contributed by atoms with Crippen molar-refractivity contribution in [3.8, 4) is 6.07 Å². The lowest BCUT2D eigenvalue weighted by Crippen LogP contribution is -2.31. The Hall–Kier alpha value is -1.47. The number of rotatable bonds is 5. The van der Waals surface area contributed by atoms with Crippen LogP contribution in [-0.2, 0) is 10.5 Å². The van der Waals surface area contributed by atoms with E-state index < -0.39 is 0 Å². The van der Waals surface area contributed by atoms with Crippen molar-refractivity contribution >= 4 is 17.7 Å². The van der Waals surface area contributed by atoms with Gasteiger partial charge < -0.3 is 5.73 Å². The van der Waals surface area contributed by atoms with Gasteiger partial charge in [-0.1, -0.05) is 25.0 Å². The fourth-order valence-corrected chi connectivity index (χ4v) is 3.85. The topological polar surface area (TPSA) is 66.9 Å². The minimum atomic E-state index is -0.189. The minimum Gasteiger partial charge on any atom is -0.369 e. The van der Waals surface area contributed by atoms with Crippen LogP contribution in [-0.4, -0.2) is 11.2 Å². The molecule has 1 aromatic carbocycles. The third-order valence-corrected chi connectivity index (χ3v) is 5.10. The summed E-state index contributed by atoms with van der Waals surface area (Å²) in [6, 6.07) is 9.61. The second-order valence-electron chi connectivity index (χ2n) is 4.99. The van der Waals surface area contributed by atoms with Gasteiger partial charge in [-0.25, -0.2) is 0 Å². The average molecular weight is 274 g/mol. The lowest BCUT2D eigenvalue weighted by atomic mass is 10.0. The molecule has 0 aliphatic heterocycles. The minimum absolute atomic E-state index is 0.0712. The van der Waals surface area contributed by atoms with E-state index in [2.05, 4.69) is 6.07 Å². The van der Waals surface area contributed by atoms with Crippen LogP contribution in [0.15, 0.2) is 24.3 Å². The molecule has 2 N–H and O–H groups in total. The van der Waals surface area contributed by atoms with E-state index >= 15 is 0 Å². The number of primary amides is 1. The van der Waals surface area contributed by atoms with E-state index in [9.17, 15) is 4.79 Å².